The number of nitrogens with one attached hydrogen (secondary N) is 2. The van der Waals surface area contributed by atoms with Crippen LogP contribution in [0, 0.1) is 11.7 Å². The van der Waals surface area contributed by atoms with Crippen LogP contribution in [0.2, 0.25) is 0 Å². The van der Waals surface area contributed by atoms with Crippen molar-refractivity contribution in [3.63, 3.8) is 0 Å². The minimum atomic E-state index is -4.17. The van der Waals surface area contributed by atoms with Crippen LogP contribution in [-0.4, -0.2) is 31.4 Å². The number of rotatable bonds is 6. The zero-order chi connectivity index (χ0) is 17.1. The van der Waals surface area contributed by atoms with Crippen LogP contribution in [0.25, 0.3) is 0 Å². The molecular weight excluding hydrogens is 315 g/mol. The molecule has 0 saturated carbocycles. The number of aliphatic carboxylic acids is 1. The summed E-state index contributed by atoms with van der Waals surface area (Å²) in [5.41, 5.74) is -0.299. The van der Waals surface area contributed by atoms with E-state index in [1.54, 1.807) is 13.8 Å². The lowest BCUT2D eigenvalue weighted by molar-refractivity contribution is -0.140. The average molecular weight is 332 g/mol. The number of carbonyl (C=O) groups is 2. The number of halogens is 1. The predicted octanol–water partition coefficient (Wildman–Crippen LogP) is 1.17. The summed E-state index contributed by atoms with van der Waals surface area (Å²) in [5, 5.41) is 11.2. The molecule has 0 unspecified atom stereocenters. The molecule has 22 heavy (non-hydrogen) atoms. The van der Waals surface area contributed by atoms with Crippen LogP contribution in [-0.2, 0) is 19.6 Å². The highest BCUT2D eigenvalue weighted by Gasteiger charge is 2.28. The molecule has 1 aromatic carbocycles. The van der Waals surface area contributed by atoms with Crippen molar-refractivity contribution in [2.45, 2.75) is 31.7 Å². The maximum absolute atomic E-state index is 13.5. The van der Waals surface area contributed by atoms with E-state index in [1.165, 1.54) is 0 Å². The third-order valence-corrected chi connectivity index (χ3v) is 4.21. The van der Waals surface area contributed by atoms with Crippen LogP contribution >= 0.6 is 0 Å². The topological polar surface area (TPSA) is 113 Å². The van der Waals surface area contributed by atoms with E-state index in [1.807, 2.05) is 4.72 Å². The molecular formula is C13H17FN2O5S. The van der Waals surface area contributed by atoms with Gasteiger partial charge in [0.05, 0.1) is 10.6 Å². The molecule has 0 spiro atoms. The number of carboxylic acids is 1. The van der Waals surface area contributed by atoms with Crippen LogP contribution in [0.5, 0.6) is 0 Å². The standard InChI is InChI=1S/C13H17FN2O5S/c1-7(2)12(13(18)19)16-22(20,21)9-4-5-10(14)11(6-9)15-8(3)17/h4-7,12,16H,1-3H3,(H,15,17)(H,18,19)/t12-/m0/s1. The third-order valence-electron chi connectivity index (χ3n) is 2.77. The van der Waals surface area contributed by atoms with E-state index < -0.39 is 39.7 Å². The average Bonchev–Trinajstić information content (AvgIpc) is 2.37. The largest absolute Gasteiger partial charge is 0.480 e. The number of anilines is 1. The van der Waals surface area contributed by atoms with Crippen molar-refractivity contribution in [3.05, 3.63) is 24.0 Å². The Bertz CT molecular complexity index is 688. The van der Waals surface area contributed by atoms with Crippen molar-refractivity contribution >= 4 is 27.6 Å². The molecule has 0 aliphatic rings. The lowest BCUT2D eigenvalue weighted by atomic mass is 10.1. The summed E-state index contributed by atoms with van der Waals surface area (Å²) in [7, 11) is -4.17. The Morgan fingerprint density at radius 3 is 2.32 bits per heavy atom. The second-order valence-corrected chi connectivity index (χ2v) is 6.72. The molecule has 0 aliphatic heterocycles. The Morgan fingerprint density at radius 1 is 1.27 bits per heavy atom. The number of amides is 1. The first-order valence-corrected chi connectivity index (χ1v) is 7.85. The van der Waals surface area contributed by atoms with Gasteiger partial charge in [-0.15, -0.1) is 0 Å². The quantitative estimate of drug-likeness (QED) is 0.724. The van der Waals surface area contributed by atoms with Crippen molar-refractivity contribution in [2.24, 2.45) is 5.92 Å². The summed E-state index contributed by atoms with van der Waals surface area (Å²) in [6.07, 6.45) is 0. The molecule has 7 nitrogen and oxygen atoms in total. The minimum absolute atomic E-state index is 0.299. The van der Waals surface area contributed by atoms with Crippen LogP contribution in [0.4, 0.5) is 10.1 Å². The van der Waals surface area contributed by atoms with Crippen LogP contribution in [0.3, 0.4) is 0 Å². The van der Waals surface area contributed by atoms with Gasteiger partial charge in [0.25, 0.3) is 0 Å². The van der Waals surface area contributed by atoms with Gasteiger partial charge in [-0.25, -0.2) is 12.8 Å². The van der Waals surface area contributed by atoms with Crippen LogP contribution in [0.1, 0.15) is 20.8 Å². The van der Waals surface area contributed by atoms with Gasteiger partial charge in [0.15, 0.2) is 0 Å². The molecule has 1 aromatic rings. The number of benzene rings is 1. The second-order valence-electron chi connectivity index (χ2n) is 5.00. The Hall–Kier alpha value is -2.00. The smallest absolute Gasteiger partial charge is 0.322 e. The van der Waals surface area contributed by atoms with Gasteiger partial charge in [0, 0.05) is 6.92 Å². The van der Waals surface area contributed by atoms with E-state index in [-0.39, 0.29) is 10.6 Å². The maximum Gasteiger partial charge on any atom is 0.322 e. The molecule has 0 aliphatic carbocycles. The molecule has 0 bridgehead atoms. The molecule has 0 heterocycles. The van der Waals surface area contributed by atoms with Gasteiger partial charge in [-0.05, 0) is 24.1 Å². The van der Waals surface area contributed by atoms with Gasteiger partial charge in [0.2, 0.25) is 15.9 Å². The first-order valence-electron chi connectivity index (χ1n) is 6.37. The van der Waals surface area contributed by atoms with Gasteiger partial charge in [-0.1, -0.05) is 13.8 Å². The Labute approximate surface area is 127 Å². The van der Waals surface area contributed by atoms with Gasteiger partial charge >= 0.3 is 5.97 Å². The summed E-state index contributed by atoms with van der Waals surface area (Å²) < 4.78 is 39.9. The lowest BCUT2D eigenvalue weighted by Crippen LogP contribution is -2.44. The summed E-state index contributed by atoms with van der Waals surface area (Å²) in [6.45, 7) is 4.25. The number of hydrogen-bond donors (Lipinski definition) is 3. The highest BCUT2D eigenvalue weighted by Crippen LogP contribution is 2.20. The molecule has 0 aromatic heterocycles. The predicted molar refractivity (Wildman–Crippen MR) is 77.3 cm³/mol. The monoisotopic (exact) mass is 332 g/mol. The van der Waals surface area contributed by atoms with E-state index in [9.17, 15) is 22.4 Å². The van der Waals surface area contributed by atoms with Crippen molar-refractivity contribution in [1.82, 2.24) is 4.72 Å². The van der Waals surface area contributed by atoms with E-state index in [0.717, 1.165) is 25.1 Å². The molecule has 0 radical (unpaired) electrons. The molecule has 9 heteroatoms. The van der Waals surface area contributed by atoms with E-state index in [2.05, 4.69) is 5.32 Å². The van der Waals surface area contributed by atoms with E-state index >= 15 is 0 Å². The second kappa shape index (κ2) is 6.84. The van der Waals surface area contributed by atoms with Crippen molar-refractivity contribution in [1.29, 1.82) is 0 Å². The molecule has 0 saturated heterocycles. The number of carboxylic acid groups (broad SMARTS) is 1. The van der Waals surface area contributed by atoms with Crippen LogP contribution < -0.4 is 10.0 Å². The normalized spacial score (nSPS) is 13.0. The van der Waals surface area contributed by atoms with E-state index in [0.29, 0.717) is 0 Å². The maximum atomic E-state index is 13.5. The summed E-state index contributed by atoms with van der Waals surface area (Å²) in [4.78, 5) is 21.7. The molecule has 0 fully saturated rings. The molecule has 1 atom stereocenters. The Balaban J connectivity index is 3.17. The van der Waals surface area contributed by atoms with Gasteiger partial charge < -0.3 is 10.4 Å². The zero-order valence-corrected chi connectivity index (χ0v) is 13.1. The third kappa shape index (κ3) is 4.50. The van der Waals surface area contributed by atoms with Crippen LogP contribution in [0.15, 0.2) is 23.1 Å². The number of carbonyl (C=O) groups excluding carboxylic acids is 1. The fraction of sp³-hybridized carbons (Fsp3) is 0.385. The fourth-order valence-electron chi connectivity index (χ4n) is 1.66. The number of hydrogen-bond acceptors (Lipinski definition) is 4. The first kappa shape index (κ1) is 18.1. The lowest BCUT2D eigenvalue weighted by Gasteiger charge is -2.18. The SMILES string of the molecule is CC(=O)Nc1cc(S(=O)(=O)N[C@H](C(=O)O)C(C)C)ccc1F. The summed E-state index contributed by atoms with van der Waals surface area (Å²) in [6, 6.07) is 1.48. The Kier molecular flexibility index (Phi) is 5.61. The van der Waals surface area contributed by atoms with Crippen molar-refractivity contribution < 1.29 is 27.5 Å². The summed E-state index contributed by atoms with van der Waals surface area (Å²) in [5.74, 6) is -3.16. The van der Waals surface area contributed by atoms with Gasteiger partial charge in [-0.3, -0.25) is 9.59 Å². The van der Waals surface area contributed by atoms with Gasteiger partial charge in [-0.2, -0.15) is 4.72 Å². The van der Waals surface area contributed by atoms with Crippen molar-refractivity contribution in [2.75, 3.05) is 5.32 Å². The molecule has 1 amide bonds. The molecule has 122 valence electrons. The van der Waals surface area contributed by atoms with E-state index in [4.69, 9.17) is 5.11 Å². The van der Waals surface area contributed by atoms with Gasteiger partial charge in [0.1, 0.15) is 11.9 Å². The Morgan fingerprint density at radius 2 is 1.86 bits per heavy atom. The minimum Gasteiger partial charge on any atom is -0.480 e. The fourth-order valence-corrected chi connectivity index (χ4v) is 3.03. The molecule has 3 N–H and O–H groups in total. The van der Waals surface area contributed by atoms with Crippen molar-refractivity contribution in [3.8, 4) is 0 Å². The number of sulfonamides is 1. The zero-order valence-electron chi connectivity index (χ0n) is 12.3. The summed E-state index contributed by atoms with van der Waals surface area (Å²) >= 11 is 0. The first-order chi connectivity index (χ1) is 10.0. The highest BCUT2D eigenvalue weighted by atomic mass is 32.2. The highest BCUT2D eigenvalue weighted by molar-refractivity contribution is 7.89. The molecule has 1 rings (SSSR count).